The van der Waals surface area contributed by atoms with Crippen molar-refractivity contribution in [2.45, 2.75) is 49.9 Å². The van der Waals surface area contributed by atoms with Crippen molar-refractivity contribution in [3.05, 3.63) is 0 Å². The third kappa shape index (κ3) is 9.64. The predicted octanol–water partition coefficient (Wildman–Crippen LogP) is 6.58. The summed E-state index contributed by atoms with van der Waals surface area (Å²) in [5.74, 6) is 0. The van der Waals surface area contributed by atoms with Crippen molar-refractivity contribution in [3.8, 4) is 0 Å². The molecule has 5 heteroatoms. The number of halogens is 4. The zero-order valence-electron chi connectivity index (χ0n) is 10.5. The first-order chi connectivity index (χ1) is 8.24. The van der Waals surface area contributed by atoms with Crippen molar-refractivity contribution >= 4 is 71.8 Å². The molecule has 0 atom stereocenters. The van der Waals surface area contributed by atoms with E-state index >= 15 is 0 Å². The minimum atomic E-state index is -0.999. The quantitative estimate of drug-likeness (QED) is 0.203. The lowest BCUT2D eigenvalue weighted by Crippen LogP contribution is -2.34. The molecular formula is C12H24Br4Si. The van der Waals surface area contributed by atoms with Gasteiger partial charge in [-0.15, -0.1) is 0 Å². The van der Waals surface area contributed by atoms with Crippen LogP contribution in [0.4, 0.5) is 0 Å². The van der Waals surface area contributed by atoms with Gasteiger partial charge in [0.05, 0.1) is 8.07 Å². The largest absolute Gasteiger partial charge is 0.0928 e. The smallest absolute Gasteiger partial charge is 0.0537 e. The van der Waals surface area contributed by atoms with Gasteiger partial charge in [0.2, 0.25) is 0 Å². The number of alkyl halides is 4. The van der Waals surface area contributed by atoms with Gasteiger partial charge in [0.15, 0.2) is 0 Å². The Morgan fingerprint density at radius 2 is 0.706 bits per heavy atom. The Morgan fingerprint density at radius 3 is 0.882 bits per heavy atom. The van der Waals surface area contributed by atoms with Crippen LogP contribution in [-0.4, -0.2) is 29.4 Å². The van der Waals surface area contributed by atoms with Crippen LogP contribution in [-0.2, 0) is 0 Å². The van der Waals surface area contributed by atoms with Gasteiger partial charge in [-0.1, -0.05) is 87.9 Å². The average Bonchev–Trinajstić information content (AvgIpc) is 2.37. The molecule has 0 rings (SSSR count). The summed E-state index contributed by atoms with van der Waals surface area (Å²) in [6.07, 6.45) is 5.50. The summed E-state index contributed by atoms with van der Waals surface area (Å²) < 4.78 is 0. The van der Waals surface area contributed by atoms with E-state index in [2.05, 4.69) is 63.7 Å². The molecule has 0 aliphatic heterocycles. The molecule has 0 heterocycles. The molecule has 0 spiro atoms. The van der Waals surface area contributed by atoms with Crippen LogP contribution in [0.1, 0.15) is 25.7 Å². The van der Waals surface area contributed by atoms with Crippen LogP contribution >= 0.6 is 63.7 Å². The second-order valence-corrected chi connectivity index (χ2v) is 12.8. The zero-order valence-corrected chi connectivity index (χ0v) is 17.8. The number of rotatable bonds is 12. The predicted molar refractivity (Wildman–Crippen MR) is 98.6 cm³/mol. The Labute approximate surface area is 142 Å². The van der Waals surface area contributed by atoms with E-state index in [1.54, 1.807) is 0 Å². The second kappa shape index (κ2) is 13.1. The molecular weight excluding hydrogens is 492 g/mol. The number of hydrogen-bond donors (Lipinski definition) is 0. The molecule has 0 bridgehead atoms. The van der Waals surface area contributed by atoms with E-state index in [4.69, 9.17) is 0 Å². The van der Waals surface area contributed by atoms with E-state index in [-0.39, 0.29) is 0 Å². The lowest BCUT2D eigenvalue weighted by atomic mass is 10.5. The Balaban J connectivity index is 4.39. The van der Waals surface area contributed by atoms with Gasteiger partial charge in [-0.3, -0.25) is 0 Å². The molecule has 0 saturated heterocycles. The van der Waals surface area contributed by atoms with Crippen molar-refractivity contribution in [3.63, 3.8) is 0 Å². The van der Waals surface area contributed by atoms with Crippen molar-refractivity contribution in [1.29, 1.82) is 0 Å². The Kier molecular flexibility index (Phi) is 14.8. The summed E-state index contributed by atoms with van der Waals surface area (Å²) in [5, 5.41) is 4.72. The topological polar surface area (TPSA) is 0 Å². The SMILES string of the molecule is BrCCC[Si](CCCBr)(CCCBr)CCCBr. The standard InChI is InChI=1S/C12H24Br4Si/c13-5-1-9-17(10-2-6-14,11-3-7-15)12-4-8-16/h1-12H2. The van der Waals surface area contributed by atoms with Gasteiger partial charge in [0, 0.05) is 21.3 Å². The van der Waals surface area contributed by atoms with Gasteiger partial charge in [-0.2, -0.15) is 0 Å². The molecule has 0 aliphatic carbocycles. The summed E-state index contributed by atoms with van der Waals surface area (Å²) in [7, 11) is -0.999. The zero-order chi connectivity index (χ0) is 13.0. The minimum Gasteiger partial charge on any atom is -0.0928 e. The normalized spacial score (nSPS) is 12.0. The monoisotopic (exact) mass is 512 g/mol. The molecule has 0 aromatic carbocycles. The first kappa shape index (κ1) is 19.1. The molecule has 0 aromatic heterocycles. The highest BCUT2D eigenvalue weighted by molar-refractivity contribution is 9.09. The van der Waals surface area contributed by atoms with Crippen LogP contribution in [0, 0.1) is 0 Å². The Bertz CT molecular complexity index is 129. The lowest BCUT2D eigenvalue weighted by molar-refractivity contribution is 0.898. The maximum absolute atomic E-state index is 3.60. The van der Waals surface area contributed by atoms with E-state index in [9.17, 15) is 0 Å². The summed E-state index contributed by atoms with van der Waals surface area (Å²) >= 11 is 14.4. The Morgan fingerprint density at radius 1 is 0.471 bits per heavy atom. The summed E-state index contributed by atoms with van der Waals surface area (Å²) in [5.41, 5.74) is 0. The van der Waals surface area contributed by atoms with Crippen molar-refractivity contribution < 1.29 is 0 Å². The molecule has 0 nitrogen and oxygen atoms in total. The molecule has 0 unspecified atom stereocenters. The molecule has 0 aliphatic rings. The molecule has 0 fully saturated rings. The molecule has 0 radical (unpaired) electrons. The van der Waals surface area contributed by atoms with Crippen molar-refractivity contribution in [2.24, 2.45) is 0 Å². The van der Waals surface area contributed by atoms with Gasteiger partial charge < -0.3 is 0 Å². The van der Waals surface area contributed by atoms with Crippen molar-refractivity contribution in [1.82, 2.24) is 0 Å². The van der Waals surface area contributed by atoms with Gasteiger partial charge in [-0.05, 0) is 25.7 Å². The second-order valence-electron chi connectivity index (χ2n) is 4.67. The van der Waals surface area contributed by atoms with Crippen LogP contribution in [0.25, 0.3) is 0 Å². The molecule has 17 heavy (non-hydrogen) atoms. The van der Waals surface area contributed by atoms with Crippen LogP contribution in [0.3, 0.4) is 0 Å². The highest BCUT2D eigenvalue weighted by atomic mass is 79.9. The van der Waals surface area contributed by atoms with Gasteiger partial charge in [0.25, 0.3) is 0 Å². The first-order valence-electron chi connectivity index (χ1n) is 6.48. The third-order valence-electron chi connectivity index (χ3n) is 3.36. The van der Waals surface area contributed by atoms with Gasteiger partial charge in [0.1, 0.15) is 0 Å². The first-order valence-corrected chi connectivity index (χ1v) is 13.8. The summed E-state index contributed by atoms with van der Waals surface area (Å²) in [6, 6.07) is 6.08. The fraction of sp³-hybridized carbons (Fsp3) is 1.00. The van der Waals surface area contributed by atoms with Gasteiger partial charge >= 0.3 is 0 Å². The maximum Gasteiger partial charge on any atom is 0.0537 e. The third-order valence-corrected chi connectivity index (χ3v) is 11.3. The fourth-order valence-electron chi connectivity index (χ4n) is 2.52. The van der Waals surface area contributed by atoms with Crippen molar-refractivity contribution in [2.75, 3.05) is 21.3 Å². The highest BCUT2D eigenvalue weighted by Crippen LogP contribution is 2.32. The molecule has 0 saturated carbocycles. The van der Waals surface area contributed by atoms with Gasteiger partial charge in [-0.25, -0.2) is 0 Å². The van der Waals surface area contributed by atoms with E-state index in [1.165, 1.54) is 71.2 Å². The fourth-order valence-corrected chi connectivity index (χ4v) is 10.9. The van der Waals surface area contributed by atoms with E-state index < -0.39 is 8.07 Å². The molecule has 0 amide bonds. The lowest BCUT2D eigenvalue weighted by Gasteiger charge is -2.32. The van der Waals surface area contributed by atoms with E-state index in [1.807, 2.05) is 0 Å². The van der Waals surface area contributed by atoms with Crippen LogP contribution in [0.2, 0.25) is 24.2 Å². The van der Waals surface area contributed by atoms with Crippen LogP contribution < -0.4 is 0 Å². The van der Waals surface area contributed by atoms with E-state index in [0.29, 0.717) is 0 Å². The molecule has 104 valence electrons. The summed E-state index contributed by atoms with van der Waals surface area (Å²) in [6.45, 7) is 0. The number of hydrogen-bond acceptors (Lipinski definition) is 0. The minimum absolute atomic E-state index is 0.999. The highest BCUT2D eigenvalue weighted by Gasteiger charge is 2.30. The molecule has 0 N–H and O–H groups in total. The molecule has 0 aromatic rings. The maximum atomic E-state index is 3.60. The Hall–Kier alpha value is 2.14. The average molecular weight is 516 g/mol. The van der Waals surface area contributed by atoms with Crippen LogP contribution in [0.15, 0.2) is 0 Å². The van der Waals surface area contributed by atoms with Crippen LogP contribution in [0.5, 0.6) is 0 Å². The summed E-state index contributed by atoms with van der Waals surface area (Å²) in [4.78, 5) is 0. The van der Waals surface area contributed by atoms with E-state index in [0.717, 1.165) is 0 Å².